The minimum atomic E-state index is -0.372. The van der Waals surface area contributed by atoms with E-state index in [1.165, 1.54) is 13.2 Å². The lowest BCUT2D eigenvalue weighted by Crippen LogP contribution is -2.22. The molecule has 104 valence electrons. The summed E-state index contributed by atoms with van der Waals surface area (Å²) >= 11 is 4.42. The summed E-state index contributed by atoms with van der Waals surface area (Å²) in [5, 5.41) is 12.6. The largest absolute Gasteiger partial charge is 0.472 e. The molecular weight excluding hydrogens is 350 g/mol. The van der Waals surface area contributed by atoms with Crippen molar-refractivity contribution in [1.82, 2.24) is 34.4 Å². The van der Waals surface area contributed by atoms with Crippen molar-refractivity contribution < 1.29 is 6.15 Å². The van der Waals surface area contributed by atoms with Gasteiger partial charge in [-0.3, -0.25) is 5.09 Å². The maximum atomic E-state index is 11.9. The van der Waals surface area contributed by atoms with Gasteiger partial charge in [-0.1, -0.05) is 0 Å². The maximum Gasteiger partial charge on any atom is 0.369 e. The quantitative estimate of drug-likeness (QED) is 0.726. The SMILES string of the molecule is [3H]n1ccc(OCc2c(Br)nsc2-n2nnn(C)c2=O)n1. The summed E-state index contributed by atoms with van der Waals surface area (Å²) in [4.78, 5) is 11.9. The number of aromatic amines is 1. The Hall–Kier alpha value is -2.01. The standard InChI is InChI=1S/C9H8BrN7O2S/c1-16-9(18)17(15-14-16)8-5(7(10)13-20-8)4-19-6-2-3-11-12-6/h2-3H,4H2,1H3,(H,11,12)/i/hT. The number of aromatic nitrogens is 7. The Morgan fingerprint density at radius 2 is 2.45 bits per heavy atom. The molecule has 3 aromatic heterocycles. The first-order valence-electron chi connectivity index (χ1n) is 5.82. The predicted molar refractivity (Wildman–Crippen MR) is 72.9 cm³/mol. The van der Waals surface area contributed by atoms with E-state index < -0.39 is 0 Å². The number of nitrogens with zero attached hydrogens (tertiary/aromatic N) is 6. The molecule has 0 saturated heterocycles. The van der Waals surface area contributed by atoms with Crippen molar-refractivity contribution in [2.24, 2.45) is 7.05 Å². The molecule has 0 amide bonds. The molecule has 0 aromatic carbocycles. The lowest BCUT2D eigenvalue weighted by Gasteiger charge is -2.03. The lowest BCUT2D eigenvalue weighted by molar-refractivity contribution is 0.292. The molecule has 0 radical (unpaired) electrons. The number of rotatable bonds is 4. The van der Waals surface area contributed by atoms with Crippen molar-refractivity contribution in [3.8, 4) is 10.9 Å². The molecule has 0 atom stereocenters. The molecule has 0 aliphatic carbocycles. The van der Waals surface area contributed by atoms with Crippen molar-refractivity contribution in [2.75, 3.05) is 0 Å². The minimum absolute atomic E-state index is 0.131. The first kappa shape index (κ1) is 11.8. The van der Waals surface area contributed by atoms with Crippen LogP contribution in [0.15, 0.2) is 21.7 Å². The Labute approximate surface area is 125 Å². The van der Waals surface area contributed by atoms with Crippen LogP contribution in [-0.4, -0.2) is 34.4 Å². The average Bonchev–Trinajstić information content (AvgIpc) is 3.11. The molecule has 3 aromatic rings. The highest BCUT2D eigenvalue weighted by Gasteiger charge is 2.18. The summed E-state index contributed by atoms with van der Waals surface area (Å²) in [6.07, 6.45) is 1.45. The van der Waals surface area contributed by atoms with Crippen LogP contribution < -0.4 is 10.4 Å². The fourth-order valence-corrected chi connectivity index (χ4v) is 2.84. The molecule has 0 spiro atoms. The van der Waals surface area contributed by atoms with Crippen LogP contribution in [0.5, 0.6) is 5.88 Å². The number of ether oxygens (including phenoxy) is 1. The van der Waals surface area contributed by atoms with E-state index in [9.17, 15) is 4.79 Å². The third-order valence-corrected chi connectivity index (χ3v) is 4.19. The smallest absolute Gasteiger partial charge is 0.369 e. The Balaban J connectivity index is 1.90. The zero-order valence-electron chi connectivity index (χ0n) is 11.1. The van der Waals surface area contributed by atoms with Gasteiger partial charge in [-0.25, -0.2) is 4.79 Å². The second-order valence-corrected chi connectivity index (χ2v) is 5.22. The van der Waals surface area contributed by atoms with Crippen LogP contribution in [0.25, 0.3) is 5.00 Å². The van der Waals surface area contributed by atoms with E-state index in [0.29, 0.717) is 21.0 Å². The van der Waals surface area contributed by atoms with Gasteiger partial charge in [0.1, 0.15) is 11.2 Å². The van der Waals surface area contributed by atoms with Gasteiger partial charge in [0.25, 0.3) is 0 Å². The zero-order chi connectivity index (χ0) is 15.0. The highest BCUT2D eigenvalue weighted by atomic mass is 79.9. The molecule has 3 rings (SSSR count). The van der Waals surface area contributed by atoms with Gasteiger partial charge >= 0.3 is 5.69 Å². The summed E-state index contributed by atoms with van der Waals surface area (Å²) in [5.41, 5.74) is 0.282. The highest BCUT2D eigenvalue weighted by molar-refractivity contribution is 9.10. The number of tetrazole rings is 1. The fraction of sp³-hybridized carbons (Fsp3) is 0.222. The van der Waals surface area contributed by atoms with Gasteiger partial charge in [-0.15, -0.1) is 9.78 Å². The number of H-pyrrole nitrogens is 1. The number of nitrogens with one attached hydrogen (secondary N) is 1. The van der Waals surface area contributed by atoms with Gasteiger partial charge < -0.3 is 4.74 Å². The number of hydrogen-bond acceptors (Lipinski definition) is 7. The molecule has 9 nitrogen and oxygen atoms in total. The van der Waals surface area contributed by atoms with Gasteiger partial charge in [0.05, 0.1) is 5.56 Å². The fourth-order valence-electron chi connectivity index (χ4n) is 1.45. The monoisotopic (exact) mass is 359 g/mol. The summed E-state index contributed by atoms with van der Waals surface area (Å²) in [5.74, 6) is 0.306. The number of aryl methyl sites for hydroxylation is 1. The molecule has 0 aliphatic heterocycles. The molecule has 0 fully saturated rings. The predicted octanol–water partition coefficient (Wildman–Crippen LogP) is 0.487. The second-order valence-electron chi connectivity index (χ2n) is 3.71. The van der Waals surface area contributed by atoms with Crippen LogP contribution >= 0.6 is 27.5 Å². The topological polar surface area (TPSA) is 104 Å². The van der Waals surface area contributed by atoms with E-state index in [4.69, 9.17) is 6.15 Å². The van der Waals surface area contributed by atoms with Gasteiger partial charge in [0, 0.05) is 19.3 Å². The third kappa shape index (κ3) is 2.25. The van der Waals surface area contributed by atoms with Gasteiger partial charge in [-0.05, 0) is 37.9 Å². The van der Waals surface area contributed by atoms with Crippen LogP contribution in [0.4, 0.5) is 0 Å². The van der Waals surface area contributed by atoms with Gasteiger partial charge in [0.2, 0.25) is 5.88 Å². The van der Waals surface area contributed by atoms with Crippen LogP contribution in [0.3, 0.4) is 0 Å². The Bertz CT molecular complexity index is 837. The molecule has 0 unspecified atom stereocenters. The third-order valence-electron chi connectivity index (χ3n) is 2.44. The molecule has 1 N–H and O–H groups in total. The molecule has 0 bridgehead atoms. The Kier molecular flexibility index (Phi) is 3.05. The lowest BCUT2D eigenvalue weighted by atomic mass is 10.4. The van der Waals surface area contributed by atoms with Crippen molar-refractivity contribution in [2.45, 2.75) is 6.61 Å². The molecule has 3 heterocycles. The van der Waals surface area contributed by atoms with E-state index in [0.717, 1.165) is 26.0 Å². The van der Waals surface area contributed by atoms with Crippen molar-refractivity contribution in [3.63, 3.8) is 0 Å². The normalized spacial score (nSPS) is 11.6. The molecular formula is C9H8BrN7O2S. The van der Waals surface area contributed by atoms with Crippen molar-refractivity contribution in [3.05, 3.63) is 32.9 Å². The van der Waals surface area contributed by atoms with E-state index >= 15 is 0 Å². The van der Waals surface area contributed by atoms with Crippen LogP contribution in [0.1, 0.15) is 5.56 Å². The zero-order valence-corrected chi connectivity index (χ0v) is 12.5. The molecule has 20 heavy (non-hydrogen) atoms. The van der Waals surface area contributed by atoms with Crippen molar-refractivity contribution >= 4 is 27.5 Å². The first-order chi connectivity index (χ1) is 10.1. The van der Waals surface area contributed by atoms with E-state index in [1.807, 2.05) is 0 Å². The number of hydrogen-bond donors (Lipinski definition) is 1. The van der Waals surface area contributed by atoms with E-state index in [-0.39, 0.29) is 12.3 Å². The minimum Gasteiger partial charge on any atom is -0.472 e. The second kappa shape index (κ2) is 5.17. The van der Waals surface area contributed by atoms with Gasteiger partial charge in [-0.2, -0.15) is 9.06 Å². The summed E-state index contributed by atoms with van der Waals surface area (Å²) in [6, 6.07) is 1.56. The summed E-state index contributed by atoms with van der Waals surface area (Å²) in [7, 11) is 1.51. The molecule has 0 saturated carbocycles. The van der Waals surface area contributed by atoms with Crippen molar-refractivity contribution in [1.29, 1.82) is 0 Å². The summed E-state index contributed by atoms with van der Waals surface area (Å²) in [6.45, 7) is 0.131. The highest BCUT2D eigenvalue weighted by Crippen LogP contribution is 2.27. The molecule has 0 aliphatic rings. The first-order valence-corrected chi connectivity index (χ1v) is 6.94. The van der Waals surface area contributed by atoms with Crippen LogP contribution in [0, 0.1) is 0 Å². The molecule has 11 heteroatoms. The van der Waals surface area contributed by atoms with Gasteiger partial charge in [0.15, 0.2) is 6.41 Å². The van der Waals surface area contributed by atoms with E-state index in [1.54, 1.807) is 6.07 Å². The summed E-state index contributed by atoms with van der Waals surface area (Å²) < 4.78 is 19.7. The Morgan fingerprint density at radius 1 is 1.60 bits per heavy atom. The average molecular weight is 360 g/mol. The van der Waals surface area contributed by atoms with Crippen LogP contribution in [-0.2, 0) is 13.7 Å². The van der Waals surface area contributed by atoms with Crippen LogP contribution in [0.2, 0.25) is 1.41 Å². The Morgan fingerprint density at radius 3 is 3.10 bits per heavy atom. The van der Waals surface area contributed by atoms with E-state index in [2.05, 4.69) is 35.8 Å². The number of halogens is 1. The maximum absolute atomic E-state index is 11.9.